The summed E-state index contributed by atoms with van der Waals surface area (Å²) in [4.78, 5) is 14.7. The molecule has 0 amide bonds. The third-order valence-corrected chi connectivity index (χ3v) is 3.69. The number of anilines is 2. The highest BCUT2D eigenvalue weighted by atomic mass is 32.2. The zero-order chi connectivity index (χ0) is 18.1. The van der Waals surface area contributed by atoms with Gasteiger partial charge < -0.3 is 5.11 Å². The standard InChI is InChI=1S/C13H9F3N2O5S/c14-13(15,16)8-3-1-4-9(7-8)18(24(21,22)23)11-10(12(19)20)5-2-6-17-11/h1-7H,(H,19,20)(H,21,22,23). The molecule has 0 unspecified atom stereocenters. The van der Waals surface area contributed by atoms with Gasteiger partial charge in [-0.1, -0.05) is 6.07 Å². The van der Waals surface area contributed by atoms with Gasteiger partial charge in [-0.3, -0.25) is 4.55 Å². The number of aromatic carboxylic acids is 1. The molecular formula is C13H9F3N2O5S. The number of hydrogen-bond donors (Lipinski definition) is 2. The van der Waals surface area contributed by atoms with E-state index >= 15 is 0 Å². The van der Waals surface area contributed by atoms with Crippen molar-refractivity contribution in [3.8, 4) is 0 Å². The van der Waals surface area contributed by atoms with E-state index in [0.717, 1.165) is 24.4 Å². The molecule has 0 aliphatic rings. The quantitative estimate of drug-likeness (QED) is 0.810. The Morgan fingerprint density at radius 3 is 2.38 bits per heavy atom. The van der Waals surface area contributed by atoms with Gasteiger partial charge in [-0.15, -0.1) is 0 Å². The van der Waals surface area contributed by atoms with Gasteiger partial charge in [0.25, 0.3) is 0 Å². The van der Waals surface area contributed by atoms with Crippen LogP contribution in [0.4, 0.5) is 24.7 Å². The van der Waals surface area contributed by atoms with Crippen LogP contribution in [0.5, 0.6) is 0 Å². The molecule has 2 aromatic rings. The lowest BCUT2D eigenvalue weighted by Crippen LogP contribution is -2.28. The number of carboxylic acids is 1. The number of rotatable bonds is 4. The molecule has 2 N–H and O–H groups in total. The molecule has 0 saturated heterocycles. The fourth-order valence-corrected chi connectivity index (χ4v) is 2.64. The van der Waals surface area contributed by atoms with Crippen molar-refractivity contribution < 1.29 is 36.0 Å². The number of benzene rings is 1. The number of carboxylic acid groups (broad SMARTS) is 1. The molecule has 0 fully saturated rings. The summed E-state index contributed by atoms with van der Waals surface area (Å²) in [5.74, 6) is -2.31. The first kappa shape index (κ1) is 17.7. The Morgan fingerprint density at radius 1 is 1.17 bits per heavy atom. The van der Waals surface area contributed by atoms with Crippen LogP contribution in [0.1, 0.15) is 15.9 Å². The van der Waals surface area contributed by atoms with Crippen LogP contribution < -0.4 is 4.31 Å². The van der Waals surface area contributed by atoms with Crippen molar-refractivity contribution in [1.29, 1.82) is 0 Å². The van der Waals surface area contributed by atoms with E-state index in [9.17, 15) is 30.9 Å². The monoisotopic (exact) mass is 362 g/mol. The Labute approximate surface area is 133 Å². The van der Waals surface area contributed by atoms with Crippen LogP contribution in [-0.2, 0) is 16.5 Å². The van der Waals surface area contributed by atoms with Gasteiger partial charge in [-0.25, -0.2) is 9.78 Å². The van der Waals surface area contributed by atoms with Crippen molar-refractivity contribution in [3.05, 3.63) is 53.7 Å². The maximum absolute atomic E-state index is 12.8. The minimum absolute atomic E-state index is 0.0195. The molecule has 1 heterocycles. The lowest BCUT2D eigenvalue weighted by molar-refractivity contribution is -0.137. The van der Waals surface area contributed by atoms with E-state index in [0.29, 0.717) is 12.1 Å². The van der Waals surface area contributed by atoms with Crippen molar-refractivity contribution in [2.24, 2.45) is 0 Å². The highest BCUT2D eigenvalue weighted by Crippen LogP contribution is 2.35. The molecule has 2 rings (SSSR count). The molecule has 1 aromatic carbocycles. The van der Waals surface area contributed by atoms with Gasteiger partial charge in [0.2, 0.25) is 0 Å². The summed E-state index contributed by atoms with van der Waals surface area (Å²) in [5.41, 5.74) is -2.41. The van der Waals surface area contributed by atoms with Crippen LogP contribution in [0.15, 0.2) is 42.6 Å². The second-order valence-electron chi connectivity index (χ2n) is 4.47. The summed E-state index contributed by atoms with van der Waals surface area (Å²) in [6.07, 6.45) is -3.73. The molecule has 0 radical (unpaired) electrons. The number of halogens is 3. The SMILES string of the molecule is O=C(O)c1cccnc1N(c1cccc(C(F)(F)F)c1)S(=O)(=O)O. The van der Waals surface area contributed by atoms with Crippen LogP contribution >= 0.6 is 0 Å². The first-order valence-electron chi connectivity index (χ1n) is 6.15. The Balaban J connectivity index is 2.72. The van der Waals surface area contributed by atoms with Crippen LogP contribution in [0, 0.1) is 0 Å². The van der Waals surface area contributed by atoms with Gasteiger partial charge >= 0.3 is 22.4 Å². The Hall–Kier alpha value is -2.66. The maximum Gasteiger partial charge on any atom is 0.416 e. The molecule has 0 bridgehead atoms. The van der Waals surface area contributed by atoms with Crippen LogP contribution in [0.2, 0.25) is 0 Å². The Bertz CT molecular complexity index is 883. The molecule has 0 aliphatic carbocycles. The zero-order valence-electron chi connectivity index (χ0n) is 11.6. The minimum atomic E-state index is -5.15. The first-order valence-corrected chi connectivity index (χ1v) is 7.55. The van der Waals surface area contributed by atoms with Crippen molar-refractivity contribution in [3.63, 3.8) is 0 Å². The topological polar surface area (TPSA) is 108 Å². The van der Waals surface area contributed by atoms with Crippen LogP contribution in [0.25, 0.3) is 0 Å². The predicted molar refractivity (Wildman–Crippen MR) is 76.3 cm³/mol. The average molecular weight is 362 g/mol. The highest BCUT2D eigenvalue weighted by Gasteiger charge is 2.33. The first-order chi connectivity index (χ1) is 11.0. The Kier molecular flexibility index (Phi) is 4.49. The summed E-state index contributed by atoms with van der Waals surface area (Å²) < 4.78 is 71.1. The van der Waals surface area contributed by atoms with E-state index in [4.69, 9.17) is 5.11 Å². The lowest BCUT2D eigenvalue weighted by atomic mass is 10.2. The van der Waals surface area contributed by atoms with E-state index in [2.05, 4.69) is 4.98 Å². The van der Waals surface area contributed by atoms with Gasteiger partial charge in [0.05, 0.1) is 11.3 Å². The number of alkyl halides is 3. The van der Waals surface area contributed by atoms with E-state index in [-0.39, 0.29) is 4.31 Å². The van der Waals surface area contributed by atoms with Gasteiger partial charge in [0, 0.05) is 6.20 Å². The van der Waals surface area contributed by atoms with Crippen LogP contribution in [-0.4, -0.2) is 29.0 Å². The normalized spacial score (nSPS) is 12.0. The molecule has 11 heteroatoms. The smallest absolute Gasteiger partial charge is 0.416 e. The summed E-state index contributed by atoms with van der Waals surface area (Å²) in [6.45, 7) is 0. The Morgan fingerprint density at radius 2 is 1.83 bits per heavy atom. The second kappa shape index (κ2) is 6.09. The maximum atomic E-state index is 12.8. The largest absolute Gasteiger partial charge is 0.478 e. The second-order valence-corrected chi connectivity index (χ2v) is 5.73. The van der Waals surface area contributed by atoms with Gasteiger partial charge in [-0.2, -0.15) is 25.9 Å². The van der Waals surface area contributed by atoms with E-state index < -0.39 is 45.1 Å². The molecule has 0 saturated carbocycles. The molecular weight excluding hydrogens is 353 g/mol. The van der Waals surface area contributed by atoms with Crippen molar-refractivity contribution >= 4 is 27.8 Å². The molecule has 7 nitrogen and oxygen atoms in total. The molecule has 128 valence electrons. The van der Waals surface area contributed by atoms with Gasteiger partial charge in [0.15, 0.2) is 5.82 Å². The zero-order valence-corrected chi connectivity index (χ0v) is 12.4. The average Bonchev–Trinajstić information content (AvgIpc) is 2.46. The summed E-state index contributed by atoms with van der Waals surface area (Å²) in [6, 6.07) is 5.22. The third-order valence-electron chi connectivity index (χ3n) is 2.85. The molecule has 1 aromatic heterocycles. The molecule has 24 heavy (non-hydrogen) atoms. The van der Waals surface area contributed by atoms with E-state index in [1.165, 1.54) is 6.07 Å². The van der Waals surface area contributed by atoms with Crippen molar-refractivity contribution in [1.82, 2.24) is 4.98 Å². The van der Waals surface area contributed by atoms with E-state index in [1.54, 1.807) is 0 Å². The van der Waals surface area contributed by atoms with Crippen molar-refractivity contribution in [2.45, 2.75) is 6.18 Å². The summed E-state index contributed by atoms with van der Waals surface area (Å²) >= 11 is 0. The number of carbonyl (C=O) groups is 1. The lowest BCUT2D eigenvalue weighted by Gasteiger charge is -2.22. The minimum Gasteiger partial charge on any atom is -0.478 e. The predicted octanol–water partition coefficient (Wildman–Crippen LogP) is 2.74. The van der Waals surface area contributed by atoms with Gasteiger partial charge in [-0.05, 0) is 30.3 Å². The molecule has 0 aliphatic heterocycles. The van der Waals surface area contributed by atoms with Crippen molar-refractivity contribution in [2.75, 3.05) is 4.31 Å². The number of hydrogen-bond acceptors (Lipinski definition) is 4. The number of pyridine rings is 1. The fraction of sp³-hybridized carbons (Fsp3) is 0.0769. The summed E-state index contributed by atoms with van der Waals surface area (Å²) in [5, 5.41) is 9.09. The van der Waals surface area contributed by atoms with Gasteiger partial charge in [0.1, 0.15) is 5.56 Å². The third kappa shape index (κ3) is 3.63. The molecule has 0 atom stereocenters. The summed E-state index contributed by atoms with van der Waals surface area (Å²) in [7, 11) is -5.15. The number of aromatic nitrogens is 1. The van der Waals surface area contributed by atoms with E-state index in [1.807, 2.05) is 0 Å². The highest BCUT2D eigenvalue weighted by molar-refractivity contribution is 7.87. The number of nitrogens with zero attached hydrogens (tertiary/aromatic N) is 2. The molecule has 0 spiro atoms. The fourth-order valence-electron chi connectivity index (χ4n) is 1.90. The van der Waals surface area contributed by atoms with Crippen LogP contribution in [0.3, 0.4) is 0 Å².